The smallest absolute Gasteiger partial charge is 0.254 e. The SMILES string of the molecule is CC1(CN2CCC3(CC2)CC3(F)F)CC1. The lowest BCUT2D eigenvalue weighted by molar-refractivity contribution is 0.0282. The Morgan fingerprint density at radius 1 is 1.07 bits per heavy atom. The Bertz CT molecular complexity index is 275. The van der Waals surface area contributed by atoms with Gasteiger partial charge in [0.25, 0.3) is 5.92 Å². The molecular formula is C12H19F2N. The second-order valence-electron chi connectivity index (χ2n) is 6.25. The van der Waals surface area contributed by atoms with Gasteiger partial charge >= 0.3 is 0 Å². The van der Waals surface area contributed by atoms with E-state index in [0.29, 0.717) is 5.41 Å². The van der Waals surface area contributed by atoms with Crippen LogP contribution in [0.3, 0.4) is 0 Å². The van der Waals surface area contributed by atoms with Crippen LogP contribution in [0.4, 0.5) is 8.78 Å². The van der Waals surface area contributed by atoms with Crippen molar-refractivity contribution in [1.82, 2.24) is 4.90 Å². The van der Waals surface area contributed by atoms with E-state index in [0.717, 1.165) is 32.5 Å². The van der Waals surface area contributed by atoms with Crippen LogP contribution < -0.4 is 0 Å². The maximum Gasteiger partial charge on any atom is 0.254 e. The summed E-state index contributed by atoms with van der Waals surface area (Å²) in [6.45, 7) is 5.23. The number of nitrogens with zero attached hydrogens (tertiary/aromatic N) is 1. The first-order valence-corrected chi connectivity index (χ1v) is 6.05. The zero-order valence-electron chi connectivity index (χ0n) is 9.36. The Morgan fingerprint density at radius 3 is 2.00 bits per heavy atom. The topological polar surface area (TPSA) is 3.24 Å². The number of likely N-dealkylation sites (tertiary alicyclic amines) is 1. The molecule has 0 amide bonds. The van der Waals surface area contributed by atoms with Crippen LogP contribution in [0.15, 0.2) is 0 Å². The third kappa shape index (κ3) is 1.59. The molecule has 0 atom stereocenters. The first-order valence-electron chi connectivity index (χ1n) is 6.05. The molecule has 1 nitrogen and oxygen atoms in total. The average molecular weight is 215 g/mol. The van der Waals surface area contributed by atoms with Gasteiger partial charge in [-0.25, -0.2) is 8.78 Å². The molecule has 2 saturated carbocycles. The Kier molecular flexibility index (Phi) is 1.82. The van der Waals surface area contributed by atoms with E-state index in [2.05, 4.69) is 11.8 Å². The molecule has 0 aromatic rings. The molecule has 3 aliphatic rings. The predicted octanol–water partition coefficient (Wildman–Crippen LogP) is 2.91. The lowest BCUT2D eigenvalue weighted by atomic mass is 9.92. The highest BCUT2D eigenvalue weighted by Gasteiger charge is 2.70. The summed E-state index contributed by atoms with van der Waals surface area (Å²) >= 11 is 0. The molecule has 3 heteroatoms. The van der Waals surface area contributed by atoms with Crippen LogP contribution in [0.2, 0.25) is 0 Å². The molecule has 1 spiro atoms. The zero-order chi connectivity index (χ0) is 10.7. The van der Waals surface area contributed by atoms with Gasteiger partial charge in [0.2, 0.25) is 0 Å². The summed E-state index contributed by atoms with van der Waals surface area (Å²) in [5.41, 5.74) is -0.0511. The van der Waals surface area contributed by atoms with Gasteiger partial charge in [0, 0.05) is 18.4 Å². The summed E-state index contributed by atoms with van der Waals surface area (Å²) in [4.78, 5) is 2.40. The summed E-state index contributed by atoms with van der Waals surface area (Å²) in [5, 5.41) is 0. The van der Waals surface area contributed by atoms with E-state index in [-0.39, 0.29) is 6.42 Å². The van der Waals surface area contributed by atoms with E-state index in [9.17, 15) is 8.78 Å². The number of alkyl halides is 2. The number of hydrogen-bond donors (Lipinski definition) is 0. The summed E-state index contributed by atoms with van der Waals surface area (Å²) in [5.74, 6) is -2.33. The van der Waals surface area contributed by atoms with Gasteiger partial charge in [-0.15, -0.1) is 0 Å². The minimum atomic E-state index is -2.33. The van der Waals surface area contributed by atoms with E-state index >= 15 is 0 Å². The Hall–Kier alpha value is -0.180. The molecule has 0 radical (unpaired) electrons. The minimum absolute atomic E-state index is 0.158. The summed E-state index contributed by atoms with van der Waals surface area (Å²) in [6, 6.07) is 0. The van der Waals surface area contributed by atoms with Gasteiger partial charge in [-0.1, -0.05) is 6.92 Å². The molecule has 1 aliphatic heterocycles. The molecule has 0 unspecified atom stereocenters. The highest BCUT2D eigenvalue weighted by Crippen LogP contribution is 2.66. The second-order valence-corrected chi connectivity index (χ2v) is 6.25. The van der Waals surface area contributed by atoms with Crippen LogP contribution in [0.5, 0.6) is 0 Å². The molecule has 3 fully saturated rings. The maximum atomic E-state index is 13.1. The quantitative estimate of drug-likeness (QED) is 0.684. The van der Waals surface area contributed by atoms with Crippen molar-refractivity contribution in [3.63, 3.8) is 0 Å². The Morgan fingerprint density at radius 2 is 1.60 bits per heavy atom. The number of piperidine rings is 1. The average Bonchev–Trinajstić information content (AvgIpc) is 2.98. The van der Waals surface area contributed by atoms with Crippen LogP contribution in [0, 0.1) is 10.8 Å². The highest BCUT2D eigenvalue weighted by molar-refractivity contribution is 5.12. The fraction of sp³-hybridized carbons (Fsp3) is 1.00. The van der Waals surface area contributed by atoms with E-state index in [1.54, 1.807) is 0 Å². The van der Waals surface area contributed by atoms with Crippen molar-refractivity contribution in [3.05, 3.63) is 0 Å². The minimum Gasteiger partial charge on any atom is -0.303 e. The van der Waals surface area contributed by atoms with Crippen LogP contribution in [0.25, 0.3) is 0 Å². The molecule has 2 aliphatic carbocycles. The fourth-order valence-electron chi connectivity index (χ4n) is 2.97. The predicted molar refractivity (Wildman–Crippen MR) is 55.0 cm³/mol. The highest BCUT2D eigenvalue weighted by atomic mass is 19.3. The Balaban J connectivity index is 1.53. The number of hydrogen-bond acceptors (Lipinski definition) is 1. The lowest BCUT2D eigenvalue weighted by Crippen LogP contribution is -2.39. The molecule has 1 saturated heterocycles. The Labute approximate surface area is 89.8 Å². The van der Waals surface area contributed by atoms with Crippen LogP contribution in [0.1, 0.15) is 39.0 Å². The van der Waals surface area contributed by atoms with Gasteiger partial charge in [0.05, 0.1) is 0 Å². The monoisotopic (exact) mass is 215 g/mol. The first kappa shape index (κ1) is 10.0. The van der Waals surface area contributed by atoms with Crippen molar-refractivity contribution in [2.75, 3.05) is 19.6 Å². The van der Waals surface area contributed by atoms with Crippen molar-refractivity contribution < 1.29 is 8.78 Å². The van der Waals surface area contributed by atoms with Gasteiger partial charge in [0.1, 0.15) is 0 Å². The fourth-order valence-corrected chi connectivity index (χ4v) is 2.97. The van der Waals surface area contributed by atoms with Gasteiger partial charge < -0.3 is 4.90 Å². The second kappa shape index (κ2) is 2.73. The molecule has 1 heterocycles. The number of halogens is 2. The van der Waals surface area contributed by atoms with Crippen molar-refractivity contribution in [3.8, 4) is 0 Å². The van der Waals surface area contributed by atoms with Crippen LogP contribution in [-0.4, -0.2) is 30.5 Å². The molecule has 0 N–H and O–H groups in total. The maximum absolute atomic E-state index is 13.1. The van der Waals surface area contributed by atoms with Gasteiger partial charge in [-0.3, -0.25) is 0 Å². The lowest BCUT2D eigenvalue weighted by Gasteiger charge is -2.33. The molecule has 15 heavy (non-hydrogen) atoms. The van der Waals surface area contributed by atoms with Gasteiger partial charge in [-0.2, -0.15) is 0 Å². The van der Waals surface area contributed by atoms with Gasteiger partial charge in [0.15, 0.2) is 0 Å². The van der Waals surface area contributed by atoms with Crippen molar-refractivity contribution in [2.45, 2.75) is 45.0 Å². The molecule has 0 bridgehead atoms. The first-order chi connectivity index (χ1) is 6.95. The van der Waals surface area contributed by atoms with Crippen molar-refractivity contribution >= 4 is 0 Å². The third-order valence-electron chi connectivity index (χ3n) is 4.73. The largest absolute Gasteiger partial charge is 0.303 e. The van der Waals surface area contributed by atoms with Crippen LogP contribution in [-0.2, 0) is 0 Å². The van der Waals surface area contributed by atoms with Gasteiger partial charge in [-0.05, 0) is 44.2 Å². The molecular weight excluding hydrogens is 196 g/mol. The number of rotatable bonds is 2. The van der Waals surface area contributed by atoms with Crippen molar-refractivity contribution in [2.24, 2.45) is 10.8 Å². The molecule has 86 valence electrons. The van der Waals surface area contributed by atoms with Crippen molar-refractivity contribution in [1.29, 1.82) is 0 Å². The zero-order valence-corrected chi connectivity index (χ0v) is 9.36. The molecule has 3 rings (SSSR count). The van der Waals surface area contributed by atoms with E-state index in [1.807, 2.05) is 0 Å². The normalized spacial score (nSPS) is 35.4. The van der Waals surface area contributed by atoms with Crippen LogP contribution >= 0.6 is 0 Å². The molecule has 0 aromatic carbocycles. The van der Waals surface area contributed by atoms with E-state index in [4.69, 9.17) is 0 Å². The molecule has 0 aromatic heterocycles. The summed E-state index contributed by atoms with van der Waals surface area (Å²) < 4.78 is 26.3. The van der Waals surface area contributed by atoms with E-state index in [1.165, 1.54) is 12.8 Å². The third-order valence-corrected chi connectivity index (χ3v) is 4.73. The summed E-state index contributed by atoms with van der Waals surface area (Å²) in [6.07, 6.45) is 4.24. The van der Waals surface area contributed by atoms with E-state index < -0.39 is 11.3 Å². The standard InChI is InChI=1S/C12H19F2N/c1-10(2-3-10)9-15-6-4-11(5-7-15)8-12(11,13)14/h2-9H2,1H3. The summed E-state index contributed by atoms with van der Waals surface area (Å²) in [7, 11) is 0.